The van der Waals surface area contributed by atoms with Gasteiger partial charge in [-0.1, -0.05) is 38.1 Å². The van der Waals surface area contributed by atoms with Crippen LogP contribution in [0.15, 0.2) is 53.4 Å². The molecule has 0 aliphatic heterocycles. The first-order valence-corrected chi connectivity index (χ1v) is 11.0. The van der Waals surface area contributed by atoms with E-state index in [-0.39, 0.29) is 10.8 Å². The molecule has 0 saturated heterocycles. The lowest BCUT2D eigenvalue weighted by Gasteiger charge is -2.20. The van der Waals surface area contributed by atoms with Gasteiger partial charge in [0.2, 0.25) is 10.0 Å². The van der Waals surface area contributed by atoms with Crippen LogP contribution in [0.5, 0.6) is 0 Å². The predicted molar refractivity (Wildman–Crippen MR) is 116 cm³/mol. The molecule has 0 aliphatic carbocycles. The third-order valence-electron chi connectivity index (χ3n) is 4.86. The number of amides is 1. The monoisotopic (exact) mass is 411 g/mol. The molecule has 7 heteroatoms. The summed E-state index contributed by atoms with van der Waals surface area (Å²) < 4.78 is 27.3. The summed E-state index contributed by atoms with van der Waals surface area (Å²) in [5.41, 5.74) is 3.06. The summed E-state index contributed by atoms with van der Waals surface area (Å²) in [6, 6.07) is 14.1. The van der Waals surface area contributed by atoms with Crippen LogP contribution in [-0.4, -0.2) is 36.7 Å². The molecule has 0 atom stereocenters. The minimum atomic E-state index is -3.62. The van der Waals surface area contributed by atoms with Gasteiger partial charge in [-0.15, -0.1) is 0 Å². The van der Waals surface area contributed by atoms with Crippen molar-refractivity contribution in [3.05, 3.63) is 65.4 Å². The summed E-state index contributed by atoms with van der Waals surface area (Å²) in [6.45, 7) is 7.97. The maximum atomic E-state index is 13.0. The predicted octanol–water partition coefficient (Wildman–Crippen LogP) is 4.13. The van der Waals surface area contributed by atoms with Crippen molar-refractivity contribution in [3.63, 3.8) is 0 Å². The Morgan fingerprint density at radius 1 is 1.03 bits per heavy atom. The summed E-state index contributed by atoms with van der Waals surface area (Å²) in [7, 11) is -3.62. The smallest absolute Gasteiger partial charge is 0.256 e. The molecule has 152 valence electrons. The van der Waals surface area contributed by atoms with E-state index in [9.17, 15) is 13.2 Å². The fraction of sp³-hybridized carbons (Fsp3) is 0.273. The third kappa shape index (κ3) is 4.16. The molecule has 0 unspecified atom stereocenters. The van der Waals surface area contributed by atoms with Crippen LogP contribution in [0.4, 0.5) is 5.69 Å². The van der Waals surface area contributed by atoms with Crippen molar-refractivity contribution in [3.8, 4) is 0 Å². The highest BCUT2D eigenvalue weighted by atomic mass is 32.2. The van der Waals surface area contributed by atoms with Gasteiger partial charge in [0.15, 0.2) is 0 Å². The van der Waals surface area contributed by atoms with Crippen LogP contribution in [0.3, 0.4) is 0 Å². The second-order valence-electron chi connectivity index (χ2n) is 6.85. The average Bonchev–Trinajstić information content (AvgIpc) is 2.69. The second kappa shape index (κ2) is 8.31. The Bertz CT molecular complexity index is 1170. The number of hydrogen-bond donors (Lipinski definition) is 1. The fourth-order valence-corrected chi connectivity index (χ4v) is 5.06. The van der Waals surface area contributed by atoms with Gasteiger partial charge >= 0.3 is 0 Å². The Morgan fingerprint density at radius 2 is 1.72 bits per heavy atom. The summed E-state index contributed by atoms with van der Waals surface area (Å²) in [4.78, 5) is 17.6. The Morgan fingerprint density at radius 3 is 2.41 bits per heavy atom. The Kier molecular flexibility index (Phi) is 6.00. The molecule has 1 aromatic heterocycles. The van der Waals surface area contributed by atoms with Gasteiger partial charge < -0.3 is 5.32 Å². The molecule has 0 saturated carbocycles. The molecule has 3 aromatic rings. The van der Waals surface area contributed by atoms with Crippen LogP contribution in [0.1, 0.15) is 35.5 Å². The van der Waals surface area contributed by atoms with Gasteiger partial charge in [0.25, 0.3) is 5.91 Å². The quantitative estimate of drug-likeness (QED) is 0.661. The number of aromatic nitrogens is 1. The number of carbonyl (C=O) groups is 1. The number of nitrogens with one attached hydrogen (secondary N) is 1. The molecule has 0 fully saturated rings. The number of fused-ring (bicyclic) bond motifs is 1. The number of pyridine rings is 1. The summed E-state index contributed by atoms with van der Waals surface area (Å²) in [5.74, 6) is -0.304. The standard InChI is InChI=1S/C22H25N3O3S/c1-5-25(6-2)29(27,28)21-14-17(12-11-15(21)3)24-22(26)19-13-16(4)23-20-10-8-7-9-18(19)20/h7-14H,5-6H2,1-4H3,(H,24,26). The van der Waals surface area contributed by atoms with E-state index in [4.69, 9.17) is 0 Å². The maximum Gasteiger partial charge on any atom is 0.256 e. The molecule has 0 bridgehead atoms. The van der Waals surface area contributed by atoms with Crippen molar-refractivity contribution in [2.24, 2.45) is 0 Å². The summed E-state index contributed by atoms with van der Waals surface area (Å²) in [5, 5.41) is 3.59. The number of nitrogens with zero attached hydrogens (tertiary/aromatic N) is 2. The normalized spacial score (nSPS) is 11.8. The van der Waals surface area contributed by atoms with Gasteiger partial charge in [-0.3, -0.25) is 9.78 Å². The minimum Gasteiger partial charge on any atom is -0.322 e. The topological polar surface area (TPSA) is 79.4 Å². The molecule has 29 heavy (non-hydrogen) atoms. The molecular weight excluding hydrogens is 386 g/mol. The summed E-state index contributed by atoms with van der Waals surface area (Å²) >= 11 is 0. The average molecular weight is 412 g/mol. The van der Waals surface area contributed by atoms with E-state index >= 15 is 0 Å². The van der Waals surface area contributed by atoms with Gasteiger partial charge in [0.1, 0.15) is 0 Å². The van der Waals surface area contributed by atoms with Crippen LogP contribution in [0, 0.1) is 13.8 Å². The zero-order chi connectivity index (χ0) is 21.2. The Hall–Kier alpha value is -2.77. The first-order chi connectivity index (χ1) is 13.8. The first kappa shape index (κ1) is 21.0. The van der Waals surface area contributed by atoms with E-state index in [1.54, 1.807) is 39.0 Å². The molecule has 6 nitrogen and oxygen atoms in total. The van der Waals surface area contributed by atoms with E-state index < -0.39 is 10.0 Å². The zero-order valence-electron chi connectivity index (χ0n) is 17.1. The SMILES string of the molecule is CCN(CC)S(=O)(=O)c1cc(NC(=O)c2cc(C)nc3ccccc23)ccc1C. The minimum absolute atomic E-state index is 0.203. The van der Waals surface area contributed by atoms with Gasteiger partial charge in [-0.05, 0) is 43.7 Å². The van der Waals surface area contributed by atoms with Crippen LogP contribution in [-0.2, 0) is 10.0 Å². The molecule has 3 rings (SSSR count). The van der Waals surface area contributed by atoms with Crippen molar-refractivity contribution >= 4 is 32.5 Å². The van der Waals surface area contributed by atoms with Gasteiger partial charge in [-0.25, -0.2) is 8.42 Å². The van der Waals surface area contributed by atoms with Crippen molar-refractivity contribution in [1.29, 1.82) is 0 Å². The van der Waals surface area contributed by atoms with Crippen molar-refractivity contribution < 1.29 is 13.2 Å². The highest BCUT2D eigenvalue weighted by Gasteiger charge is 2.24. The number of rotatable bonds is 6. The van der Waals surface area contributed by atoms with E-state index in [0.29, 0.717) is 29.9 Å². The van der Waals surface area contributed by atoms with Crippen molar-refractivity contribution in [2.75, 3.05) is 18.4 Å². The van der Waals surface area contributed by atoms with Crippen LogP contribution < -0.4 is 5.32 Å². The highest BCUT2D eigenvalue weighted by molar-refractivity contribution is 7.89. The molecule has 2 aromatic carbocycles. The number of anilines is 1. The molecule has 1 amide bonds. The lowest BCUT2D eigenvalue weighted by Crippen LogP contribution is -2.31. The lowest BCUT2D eigenvalue weighted by atomic mass is 10.1. The van der Waals surface area contributed by atoms with Gasteiger partial charge in [-0.2, -0.15) is 4.31 Å². The number of aryl methyl sites for hydroxylation is 2. The number of hydrogen-bond acceptors (Lipinski definition) is 4. The first-order valence-electron chi connectivity index (χ1n) is 9.56. The largest absolute Gasteiger partial charge is 0.322 e. The lowest BCUT2D eigenvalue weighted by molar-refractivity contribution is 0.102. The van der Waals surface area contributed by atoms with Crippen LogP contribution >= 0.6 is 0 Å². The van der Waals surface area contributed by atoms with Crippen LogP contribution in [0.25, 0.3) is 10.9 Å². The van der Waals surface area contributed by atoms with E-state index in [0.717, 1.165) is 16.6 Å². The summed E-state index contributed by atoms with van der Waals surface area (Å²) in [6.07, 6.45) is 0. The maximum absolute atomic E-state index is 13.0. The van der Waals surface area contributed by atoms with E-state index in [1.807, 2.05) is 31.2 Å². The fourth-order valence-electron chi connectivity index (χ4n) is 3.35. The second-order valence-corrected chi connectivity index (χ2v) is 8.76. The Balaban J connectivity index is 1.99. The zero-order valence-corrected chi connectivity index (χ0v) is 17.9. The van der Waals surface area contributed by atoms with Gasteiger partial charge in [0, 0.05) is 29.9 Å². The highest BCUT2D eigenvalue weighted by Crippen LogP contribution is 2.25. The van der Waals surface area contributed by atoms with E-state index in [1.165, 1.54) is 10.4 Å². The molecule has 0 spiro atoms. The van der Waals surface area contributed by atoms with Crippen molar-refractivity contribution in [1.82, 2.24) is 9.29 Å². The van der Waals surface area contributed by atoms with E-state index in [2.05, 4.69) is 10.3 Å². The number of para-hydroxylation sites is 1. The molecule has 0 aliphatic rings. The number of benzene rings is 2. The molecule has 1 N–H and O–H groups in total. The van der Waals surface area contributed by atoms with Gasteiger partial charge in [0.05, 0.1) is 16.0 Å². The third-order valence-corrected chi connectivity index (χ3v) is 7.05. The number of sulfonamides is 1. The number of carbonyl (C=O) groups excluding carboxylic acids is 1. The molecule has 1 heterocycles. The Labute approximate surface area is 171 Å². The molecular formula is C22H25N3O3S. The van der Waals surface area contributed by atoms with Crippen molar-refractivity contribution in [2.45, 2.75) is 32.6 Å². The van der Waals surface area contributed by atoms with Crippen LogP contribution in [0.2, 0.25) is 0 Å². The molecule has 0 radical (unpaired) electrons.